The maximum Gasteiger partial charge on any atom is 0.209 e. The SMILES string of the molecule is CC(=O)C1=C(O)C(C(C)C)[C@@]2(C)C[C@@]3(C)Cc4c(C(C)C)cc(C=O)c(O)c4C(=O)C3=C(O)[C@@]2(O)C1=O. The normalized spacial score (nSPS) is 31.5. The summed E-state index contributed by atoms with van der Waals surface area (Å²) < 4.78 is 0. The molecule has 0 saturated carbocycles. The van der Waals surface area contributed by atoms with E-state index in [0.717, 1.165) is 6.92 Å². The predicted octanol–water partition coefficient (Wildman–Crippen LogP) is 4.28. The molecule has 4 rings (SSSR count). The first kappa shape index (κ1) is 26.8. The molecule has 0 radical (unpaired) electrons. The Morgan fingerprint density at radius 3 is 2.19 bits per heavy atom. The van der Waals surface area contributed by atoms with Gasteiger partial charge < -0.3 is 20.4 Å². The summed E-state index contributed by atoms with van der Waals surface area (Å²) in [5.41, 5.74) is -4.98. The van der Waals surface area contributed by atoms with Crippen LogP contribution in [0.4, 0.5) is 0 Å². The van der Waals surface area contributed by atoms with E-state index in [0.29, 0.717) is 17.4 Å². The van der Waals surface area contributed by atoms with Crippen molar-refractivity contribution in [2.75, 3.05) is 0 Å². The van der Waals surface area contributed by atoms with E-state index in [4.69, 9.17) is 0 Å². The van der Waals surface area contributed by atoms with Gasteiger partial charge in [-0.05, 0) is 48.8 Å². The van der Waals surface area contributed by atoms with Crippen LogP contribution in [0.3, 0.4) is 0 Å². The summed E-state index contributed by atoms with van der Waals surface area (Å²) in [7, 11) is 0. The van der Waals surface area contributed by atoms with Gasteiger partial charge in [-0.25, -0.2) is 0 Å². The Morgan fingerprint density at radius 1 is 1.11 bits per heavy atom. The summed E-state index contributed by atoms with van der Waals surface area (Å²) in [5.74, 6) is -5.81. The number of hydrogen-bond acceptors (Lipinski definition) is 8. The van der Waals surface area contributed by atoms with Crippen molar-refractivity contribution in [2.24, 2.45) is 22.7 Å². The molecule has 8 heteroatoms. The van der Waals surface area contributed by atoms with E-state index in [1.54, 1.807) is 33.8 Å². The van der Waals surface area contributed by atoms with Crippen LogP contribution >= 0.6 is 0 Å². The van der Waals surface area contributed by atoms with Crippen LogP contribution in [0.15, 0.2) is 28.7 Å². The molecule has 0 amide bonds. The minimum atomic E-state index is -2.66. The molecular formula is C29H34O8. The molecule has 3 aliphatic carbocycles. The van der Waals surface area contributed by atoms with Crippen LogP contribution in [0, 0.1) is 22.7 Å². The van der Waals surface area contributed by atoms with E-state index in [9.17, 15) is 39.6 Å². The van der Waals surface area contributed by atoms with E-state index in [1.165, 1.54) is 0 Å². The Morgan fingerprint density at radius 2 is 1.70 bits per heavy atom. The van der Waals surface area contributed by atoms with Crippen LogP contribution in [-0.2, 0) is 16.0 Å². The van der Waals surface area contributed by atoms with E-state index in [-0.39, 0.29) is 41.4 Å². The largest absolute Gasteiger partial charge is 0.511 e. The number of aldehydes is 1. The lowest BCUT2D eigenvalue weighted by Gasteiger charge is -2.59. The topological polar surface area (TPSA) is 149 Å². The fraction of sp³-hybridized carbons (Fsp3) is 0.517. The van der Waals surface area contributed by atoms with Crippen LogP contribution in [-0.4, -0.2) is 49.7 Å². The number of fused-ring (bicyclic) bond motifs is 3. The summed E-state index contributed by atoms with van der Waals surface area (Å²) in [5, 5.41) is 45.7. The fourth-order valence-electron chi connectivity index (χ4n) is 7.45. The number of rotatable bonds is 4. The maximum absolute atomic E-state index is 14.0. The molecule has 8 nitrogen and oxygen atoms in total. The quantitative estimate of drug-likeness (QED) is 0.346. The van der Waals surface area contributed by atoms with Crippen molar-refractivity contribution in [3.8, 4) is 5.75 Å². The first-order chi connectivity index (χ1) is 17.0. The first-order valence-corrected chi connectivity index (χ1v) is 12.5. The number of phenols is 1. The minimum absolute atomic E-state index is 0.0264. The Balaban J connectivity index is 2.11. The van der Waals surface area contributed by atoms with Crippen LogP contribution in [0.1, 0.15) is 92.6 Å². The molecule has 1 unspecified atom stereocenters. The standard InChI is InChI=1S/C29H34O8/c1-12(2)16-8-15(10-30)22(32)19-17(16)9-27(6)11-28(7)20(13(3)4)23(33)18(14(5)31)25(35)29(28,37)26(36)21(27)24(19)34/h8,10,12-13,20,32-33,36-37H,9,11H2,1-7H3/t20?,27-,28-,29+/m1/s1. The third-order valence-electron chi connectivity index (χ3n) is 8.82. The van der Waals surface area contributed by atoms with Crippen LogP contribution in [0.5, 0.6) is 5.75 Å². The maximum atomic E-state index is 14.0. The zero-order valence-electron chi connectivity index (χ0n) is 22.2. The van der Waals surface area contributed by atoms with Gasteiger partial charge in [-0.2, -0.15) is 0 Å². The third kappa shape index (κ3) is 3.17. The van der Waals surface area contributed by atoms with Gasteiger partial charge in [-0.1, -0.05) is 41.5 Å². The van der Waals surface area contributed by atoms with E-state index in [2.05, 4.69) is 0 Å². The number of aliphatic hydroxyl groups is 3. The Labute approximate surface area is 215 Å². The Kier molecular flexibility index (Phi) is 5.88. The van der Waals surface area contributed by atoms with Crippen molar-refractivity contribution >= 4 is 23.6 Å². The average molecular weight is 511 g/mol. The molecule has 0 aliphatic heterocycles. The highest BCUT2D eigenvalue weighted by molar-refractivity contribution is 6.25. The molecule has 0 spiro atoms. The summed E-state index contributed by atoms with van der Waals surface area (Å²) in [6, 6.07) is 1.56. The predicted molar refractivity (Wildman–Crippen MR) is 135 cm³/mol. The van der Waals surface area contributed by atoms with E-state index in [1.807, 2.05) is 13.8 Å². The highest BCUT2D eigenvalue weighted by Gasteiger charge is 2.71. The highest BCUT2D eigenvalue weighted by atomic mass is 16.3. The van der Waals surface area contributed by atoms with Crippen molar-refractivity contribution < 1.29 is 39.6 Å². The zero-order valence-corrected chi connectivity index (χ0v) is 22.2. The first-order valence-electron chi connectivity index (χ1n) is 12.5. The number of allylic oxidation sites excluding steroid dienone is 2. The molecule has 1 aromatic carbocycles. The number of benzene rings is 1. The van der Waals surface area contributed by atoms with Crippen LogP contribution in [0.25, 0.3) is 0 Å². The molecule has 0 saturated heterocycles. The number of Topliss-reactive ketones (excluding diaryl/α,β-unsaturated/α-hetero) is 3. The lowest BCUT2D eigenvalue weighted by Crippen LogP contribution is -2.67. The van der Waals surface area contributed by atoms with Gasteiger partial charge in [-0.3, -0.25) is 19.2 Å². The number of ketones is 3. The van der Waals surface area contributed by atoms with Gasteiger partial charge in [-0.15, -0.1) is 0 Å². The van der Waals surface area contributed by atoms with Gasteiger partial charge in [0.1, 0.15) is 22.8 Å². The van der Waals surface area contributed by atoms with E-state index >= 15 is 0 Å². The number of aliphatic hydroxyl groups excluding tert-OH is 2. The van der Waals surface area contributed by atoms with Crippen molar-refractivity contribution in [2.45, 2.75) is 72.8 Å². The molecule has 37 heavy (non-hydrogen) atoms. The number of carbonyl (C=O) groups excluding carboxylic acids is 4. The lowest BCUT2D eigenvalue weighted by atomic mass is 9.44. The van der Waals surface area contributed by atoms with Crippen molar-refractivity contribution in [1.29, 1.82) is 0 Å². The number of aromatic hydroxyl groups is 1. The Bertz CT molecular complexity index is 1350. The molecule has 4 N–H and O–H groups in total. The summed E-state index contributed by atoms with van der Waals surface area (Å²) in [4.78, 5) is 51.8. The minimum Gasteiger partial charge on any atom is -0.511 e. The summed E-state index contributed by atoms with van der Waals surface area (Å²) in [6.07, 6.45) is 0.661. The molecule has 0 bridgehead atoms. The molecule has 0 fully saturated rings. The molecule has 198 valence electrons. The van der Waals surface area contributed by atoms with Gasteiger partial charge in [0.2, 0.25) is 5.78 Å². The zero-order chi connectivity index (χ0) is 28.0. The van der Waals surface area contributed by atoms with Gasteiger partial charge in [0.25, 0.3) is 0 Å². The second-order valence-electron chi connectivity index (χ2n) is 12.0. The monoisotopic (exact) mass is 510 g/mol. The van der Waals surface area contributed by atoms with Gasteiger partial charge in [0, 0.05) is 22.3 Å². The molecule has 1 aromatic rings. The number of carbonyl (C=O) groups is 4. The fourth-order valence-corrected chi connectivity index (χ4v) is 7.45. The average Bonchev–Trinajstić information content (AvgIpc) is 2.75. The van der Waals surface area contributed by atoms with Crippen molar-refractivity contribution in [3.05, 3.63) is 51.0 Å². The summed E-state index contributed by atoms with van der Waals surface area (Å²) in [6.45, 7) is 11.8. The third-order valence-corrected chi connectivity index (χ3v) is 8.82. The number of hydrogen-bond donors (Lipinski definition) is 4. The van der Waals surface area contributed by atoms with Crippen molar-refractivity contribution in [3.63, 3.8) is 0 Å². The summed E-state index contributed by atoms with van der Waals surface area (Å²) >= 11 is 0. The van der Waals surface area contributed by atoms with Gasteiger partial charge in [0.15, 0.2) is 23.5 Å². The molecular weight excluding hydrogens is 476 g/mol. The van der Waals surface area contributed by atoms with Gasteiger partial charge in [0.05, 0.1) is 11.1 Å². The van der Waals surface area contributed by atoms with Crippen molar-refractivity contribution in [1.82, 2.24) is 0 Å². The van der Waals surface area contributed by atoms with Crippen LogP contribution in [0.2, 0.25) is 0 Å². The lowest BCUT2D eigenvalue weighted by molar-refractivity contribution is -0.171. The number of phenolic OH excluding ortho intramolecular Hbond substituents is 1. The van der Waals surface area contributed by atoms with E-state index < -0.39 is 62.5 Å². The highest BCUT2D eigenvalue weighted by Crippen LogP contribution is 2.65. The Hall–Kier alpha value is -3.26. The molecule has 0 heterocycles. The molecule has 4 atom stereocenters. The van der Waals surface area contributed by atoms with Crippen LogP contribution < -0.4 is 0 Å². The molecule has 0 aromatic heterocycles. The van der Waals surface area contributed by atoms with Gasteiger partial charge >= 0.3 is 0 Å². The second kappa shape index (κ2) is 8.12. The smallest absolute Gasteiger partial charge is 0.209 e. The second-order valence-corrected chi connectivity index (χ2v) is 12.0. The molecule has 3 aliphatic rings.